The van der Waals surface area contributed by atoms with Gasteiger partial charge in [-0.1, -0.05) is 0 Å². The van der Waals surface area contributed by atoms with Gasteiger partial charge in [0.25, 0.3) is 0 Å². The van der Waals surface area contributed by atoms with Crippen molar-refractivity contribution < 1.29 is 21.8 Å². The van der Waals surface area contributed by atoms with Gasteiger partial charge >= 0.3 is 0 Å². The molecule has 0 aliphatic carbocycles. The summed E-state index contributed by atoms with van der Waals surface area (Å²) in [6.45, 7) is 10.2. The minimum atomic E-state index is -4.15. The van der Waals surface area contributed by atoms with Crippen LogP contribution >= 0.6 is 0 Å². The molecule has 2 aromatic carbocycles. The summed E-state index contributed by atoms with van der Waals surface area (Å²) in [5, 5.41) is 0.641. The zero-order valence-electron chi connectivity index (χ0n) is 27.2. The quantitative estimate of drug-likeness (QED) is 0.346. The molecule has 3 aliphatic heterocycles. The fraction of sp³-hybridized carbons (Fsp3) is 0.559. The number of ether oxygens (including phenoxy) is 1. The lowest BCUT2D eigenvalue weighted by Gasteiger charge is -2.44. The maximum Gasteiger partial charge on any atom is 0.210 e. The van der Waals surface area contributed by atoms with Crippen molar-refractivity contribution >= 4 is 37.2 Å². The average molecular weight is 672 g/mol. The lowest BCUT2D eigenvalue weighted by Crippen LogP contribution is -2.51. The Morgan fingerprint density at radius 1 is 0.913 bits per heavy atom. The van der Waals surface area contributed by atoms with Gasteiger partial charge in [-0.15, -0.1) is 0 Å². The molecule has 9 nitrogen and oxygen atoms in total. The summed E-state index contributed by atoms with van der Waals surface area (Å²) >= 11 is 0. The maximum atomic E-state index is 14.9. The van der Waals surface area contributed by atoms with Crippen molar-refractivity contribution in [2.24, 2.45) is 0 Å². The van der Waals surface area contributed by atoms with Gasteiger partial charge in [0.05, 0.1) is 22.7 Å². The van der Waals surface area contributed by atoms with E-state index in [0.717, 1.165) is 45.1 Å². The van der Waals surface area contributed by atoms with Crippen LogP contribution in [0.2, 0.25) is 0 Å². The monoisotopic (exact) mass is 671 g/mol. The number of likely N-dealkylation sites (tertiary alicyclic amines) is 1. The Morgan fingerprint density at radius 3 is 2.28 bits per heavy atom. The zero-order valence-corrected chi connectivity index (χ0v) is 28.8. The van der Waals surface area contributed by atoms with Crippen LogP contribution in [0.4, 0.5) is 10.1 Å². The van der Waals surface area contributed by atoms with Gasteiger partial charge < -0.3 is 19.4 Å². The van der Waals surface area contributed by atoms with Gasteiger partial charge in [0.15, 0.2) is 11.6 Å². The van der Waals surface area contributed by atoms with Crippen molar-refractivity contribution in [2.45, 2.75) is 65.8 Å². The zero-order chi connectivity index (χ0) is 32.4. The van der Waals surface area contributed by atoms with Crippen LogP contribution in [0.1, 0.15) is 39.0 Å². The number of nitrogens with zero attached hydrogens (tertiary/aromatic N) is 5. The van der Waals surface area contributed by atoms with E-state index in [0.29, 0.717) is 46.7 Å². The maximum absolute atomic E-state index is 14.9. The van der Waals surface area contributed by atoms with Crippen LogP contribution in [0.25, 0.3) is 10.9 Å². The number of fused-ring (bicyclic) bond motifs is 1. The van der Waals surface area contributed by atoms with E-state index in [9.17, 15) is 17.0 Å². The summed E-state index contributed by atoms with van der Waals surface area (Å²) in [4.78, 5) is 14.9. The van der Waals surface area contributed by atoms with Gasteiger partial charge in [-0.3, -0.25) is 14.1 Å². The Labute approximate surface area is 275 Å². The summed E-state index contributed by atoms with van der Waals surface area (Å²) in [5.41, 5.74) is 1.18. The molecule has 0 spiro atoms. The molecule has 3 aromatic rings. The number of pyridine rings is 1. The van der Waals surface area contributed by atoms with E-state index in [1.165, 1.54) is 50.7 Å². The largest absolute Gasteiger partial charge is 0.491 e. The minimum Gasteiger partial charge on any atom is -0.491 e. The first-order valence-electron chi connectivity index (χ1n) is 16.5. The Hall–Kier alpha value is -2.64. The Kier molecular flexibility index (Phi) is 10.3. The summed E-state index contributed by atoms with van der Waals surface area (Å²) in [5.74, 6) is -0.715. The van der Waals surface area contributed by atoms with Crippen molar-refractivity contribution in [3.05, 3.63) is 48.4 Å². The first kappa shape index (κ1) is 33.3. The molecule has 3 saturated heterocycles. The fourth-order valence-electron chi connectivity index (χ4n) is 7.39. The van der Waals surface area contributed by atoms with Crippen LogP contribution in [0.3, 0.4) is 0 Å². The van der Waals surface area contributed by atoms with Crippen molar-refractivity contribution in [1.29, 1.82) is 0 Å². The van der Waals surface area contributed by atoms with Crippen LogP contribution in [0, 0.1) is 5.82 Å². The first-order chi connectivity index (χ1) is 22.2. The lowest BCUT2D eigenvalue weighted by atomic mass is 9.96. The van der Waals surface area contributed by atoms with Gasteiger partial charge in [-0.25, -0.2) is 12.8 Å². The SMILES string of the molecule is CCOc1ccc(S(=O)(=O)c2cnc3ccc(S(C)=O)cc3c2N2CCC(N3CCC(N4CCCN(C)CC4)CC3)CC2)cc1F. The number of piperidine rings is 2. The highest BCUT2D eigenvalue weighted by Gasteiger charge is 2.34. The van der Waals surface area contributed by atoms with Gasteiger partial charge in [0.2, 0.25) is 9.84 Å². The minimum absolute atomic E-state index is 0.0125. The Morgan fingerprint density at radius 2 is 1.61 bits per heavy atom. The molecule has 3 aliphatic rings. The molecule has 0 N–H and O–H groups in total. The van der Waals surface area contributed by atoms with Crippen molar-refractivity contribution in [3.8, 4) is 5.75 Å². The Balaban J connectivity index is 1.24. The summed E-state index contributed by atoms with van der Waals surface area (Å²) in [6, 6.07) is 10.2. The van der Waals surface area contributed by atoms with E-state index in [1.807, 2.05) is 0 Å². The number of hydrogen-bond acceptors (Lipinski definition) is 9. The van der Waals surface area contributed by atoms with Gasteiger partial charge in [-0.05, 0) is 109 Å². The number of hydrogen-bond donors (Lipinski definition) is 0. The number of anilines is 1. The summed E-state index contributed by atoms with van der Waals surface area (Å²) in [7, 11) is -3.19. The number of rotatable bonds is 8. The molecule has 12 heteroatoms. The molecule has 1 atom stereocenters. The molecule has 1 unspecified atom stereocenters. The van der Waals surface area contributed by atoms with E-state index in [-0.39, 0.29) is 22.1 Å². The highest BCUT2D eigenvalue weighted by Crippen LogP contribution is 2.39. The predicted octanol–water partition coefficient (Wildman–Crippen LogP) is 4.41. The second-order valence-electron chi connectivity index (χ2n) is 12.8. The van der Waals surface area contributed by atoms with E-state index < -0.39 is 26.5 Å². The molecule has 0 bridgehead atoms. The van der Waals surface area contributed by atoms with E-state index in [1.54, 1.807) is 31.4 Å². The molecule has 6 rings (SSSR count). The third-order valence-corrected chi connectivity index (χ3v) is 12.6. The van der Waals surface area contributed by atoms with E-state index in [4.69, 9.17) is 4.74 Å². The smallest absolute Gasteiger partial charge is 0.210 e. The third kappa shape index (κ3) is 6.96. The first-order valence-corrected chi connectivity index (χ1v) is 19.5. The normalized spacial score (nSPS) is 21.0. The average Bonchev–Trinajstić information content (AvgIpc) is 3.29. The van der Waals surface area contributed by atoms with Crippen LogP contribution in [-0.4, -0.2) is 117 Å². The van der Waals surface area contributed by atoms with Gasteiger partial charge in [0, 0.05) is 71.8 Å². The molecule has 0 saturated carbocycles. The highest BCUT2D eigenvalue weighted by molar-refractivity contribution is 7.91. The number of benzene rings is 2. The third-order valence-electron chi connectivity index (χ3n) is 9.98. The standard InChI is InChI=1S/C34H46FN5O4S2/c1-4-44-32-9-7-28(23-30(32)35)46(42,43)33-24-36-31-8-6-27(45(3)41)22-29(31)34(33)40-18-12-26(13-19-40)39-16-10-25(11-17-39)38-15-5-14-37(2)20-21-38/h6-9,22-26H,4-5,10-21H2,1-3H3. The lowest BCUT2D eigenvalue weighted by molar-refractivity contribution is 0.0769. The highest BCUT2D eigenvalue weighted by atomic mass is 32.2. The van der Waals surface area contributed by atoms with Crippen molar-refractivity contribution in [2.75, 3.05) is 77.2 Å². The topological polar surface area (TPSA) is 86.3 Å². The summed E-state index contributed by atoms with van der Waals surface area (Å²) in [6.07, 6.45) is 8.45. The number of aromatic nitrogens is 1. The molecule has 4 heterocycles. The number of halogens is 1. The second kappa shape index (κ2) is 14.2. The Bertz CT molecular complexity index is 1670. The molecule has 1 aromatic heterocycles. The predicted molar refractivity (Wildman–Crippen MR) is 181 cm³/mol. The molecular formula is C34H46FN5O4S2. The summed E-state index contributed by atoms with van der Waals surface area (Å²) < 4.78 is 60.9. The number of sulfone groups is 1. The van der Waals surface area contributed by atoms with Crippen molar-refractivity contribution in [3.63, 3.8) is 0 Å². The van der Waals surface area contributed by atoms with Crippen molar-refractivity contribution in [1.82, 2.24) is 19.7 Å². The van der Waals surface area contributed by atoms with Crippen LogP contribution in [0.15, 0.2) is 57.3 Å². The van der Waals surface area contributed by atoms with Crippen LogP contribution in [0.5, 0.6) is 5.75 Å². The second-order valence-corrected chi connectivity index (χ2v) is 16.1. The molecule has 46 heavy (non-hydrogen) atoms. The molecule has 250 valence electrons. The van der Waals surface area contributed by atoms with E-state index >= 15 is 0 Å². The van der Waals surface area contributed by atoms with E-state index in [2.05, 4.69) is 31.6 Å². The van der Waals surface area contributed by atoms with Gasteiger partial charge in [0.1, 0.15) is 4.90 Å². The fourth-order valence-corrected chi connectivity index (χ4v) is 9.38. The molecule has 3 fully saturated rings. The molecule has 0 radical (unpaired) electrons. The van der Waals surface area contributed by atoms with Crippen LogP contribution < -0.4 is 9.64 Å². The molecule has 0 amide bonds. The molecular weight excluding hydrogens is 626 g/mol. The van der Waals surface area contributed by atoms with Gasteiger partial charge in [-0.2, -0.15) is 0 Å². The number of likely N-dealkylation sites (N-methyl/N-ethyl adjacent to an activating group) is 1. The van der Waals surface area contributed by atoms with Crippen LogP contribution in [-0.2, 0) is 20.6 Å².